The molecule has 3 aromatic rings. The van der Waals surface area contributed by atoms with Gasteiger partial charge in [0, 0.05) is 29.4 Å². The highest BCUT2D eigenvalue weighted by Gasteiger charge is 2.16. The van der Waals surface area contributed by atoms with Gasteiger partial charge in [0.15, 0.2) is 11.6 Å². The van der Waals surface area contributed by atoms with Crippen molar-refractivity contribution in [1.29, 1.82) is 0 Å². The number of nitrogens with one attached hydrogen (secondary N) is 1. The van der Waals surface area contributed by atoms with Gasteiger partial charge in [0.25, 0.3) is 0 Å². The average Bonchev–Trinajstić information content (AvgIpc) is 3.14. The first-order valence-corrected chi connectivity index (χ1v) is 8.72. The largest absolute Gasteiger partial charge is 0.488 e. The van der Waals surface area contributed by atoms with Gasteiger partial charge in [-0.1, -0.05) is 16.8 Å². The topological polar surface area (TPSA) is 69.4 Å². The standard InChI is InChI=1S/C19H19ClFN3O3/c1-12(19-23-18(24-27-19)13-3-5-14(20)6-4-13)22-15-7-8-17(16(21)11-15)26-10-9-25-2/h3-8,11-12,22H,9-10H2,1-2H3. The maximum atomic E-state index is 14.1. The van der Waals surface area contributed by atoms with Crippen LogP contribution in [0.1, 0.15) is 18.9 Å². The molecule has 0 saturated carbocycles. The summed E-state index contributed by atoms with van der Waals surface area (Å²) in [6.45, 7) is 2.52. The Bertz CT molecular complexity index is 886. The second-order valence-electron chi connectivity index (χ2n) is 5.82. The second-order valence-corrected chi connectivity index (χ2v) is 6.25. The van der Waals surface area contributed by atoms with E-state index in [9.17, 15) is 4.39 Å². The van der Waals surface area contributed by atoms with Crippen LogP contribution in [0.25, 0.3) is 11.4 Å². The lowest BCUT2D eigenvalue weighted by atomic mass is 10.2. The van der Waals surface area contributed by atoms with Crippen LogP contribution in [-0.2, 0) is 4.74 Å². The zero-order chi connectivity index (χ0) is 19.2. The van der Waals surface area contributed by atoms with Gasteiger partial charge in [0.2, 0.25) is 11.7 Å². The van der Waals surface area contributed by atoms with Crippen molar-refractivity contribution in [2.45, 2.75) is 13.0 Å². The normalized spacial score (nSPS) is 12.0. The maximum absolute atomic E-state index is 14.1. The molecule has 3 rings (SSSR count). The zero-order valence-corrected chi connectivity index (χ0v) is 15.7. The summed E-state index contributed by atoms with van der Waals surface area (Å²) in [5.41, 5.74) is 1.37. The van der Waals surface area contributed by atoms with E-state index in [1.165, 1.54) is 6.07 Å². The molecular weight excluding hydrogens is 373 g/mol. The number of hydrogen-bond donors (Lipinski definition) is 1. The molecule has 0 radical (unpaired) electrons. The quantitative estimate of drug-likeness (QED) is 0.560. The number of hydrogen-bond acceptors (Lipinski definition) is 6. The van der Waals surface area contributed by atoms with Crippen molar-refractivity contribution >= 4 is 17.3 Å². The van der Waals surface area contributed by atoms with Crippen LogP contribution in [0.4, 0.5) is 10.1 Å². The molecule has 0 spiro atoms. The molecule has 1 aromatic heterocycles. The molecule has 0 aliphatic carbocycles. The highest BCUT2D eigenvalue weighted by molar-refractivity contribution is 6.30. The van der Waals surface area contributed by atoms with Crippen molar-refractivity contribution in [3.63, 3.8) is 0 Å². The van der Waals surface area contributed by atoms with Crippen LogP contribution in [0.5, 0.6) is 5.75 Å². The van der Waals surface area contributed by atoms with Crippen LogP contribution < -0.4 is 10.1 Å². The van der Waals surface area contributed by atoms with Crippen LogP contribution >= 0.6 is 11.6 Å². The van der Waals surface area contributed by atoms with Crippen LogP contribution in [0.3, 0.4) is 0 Å². The summed E-state index contributed by atoms with van der Waals surface area (Å²) in [5.74, 6) is 0.563. The first kappa shape index (κ1) is 19.1. The van der Waals surface area contributed by atoms with E-state index in [0.717, 1.165) is 5.56 Å². The molecule has 8 heteroatoms. The van der Waals surface area contributed by atoms with Gasteiger partial charge < -0.3 is 19.3 Å². The van der Waals surface area contributed by atoms with Gasteiger partial charge >= 0.3 is 0 Å². The molecule has 0 amide bonds. The van der Waals surface area contributed by atoms with E-state index in [2.05, 4.69) is 15.5 Å². The Labute approximate surface area is 161 Å². The van der Waals surface area contributed by atoms with E-state index in [4.69, 9.17) is 25.6 Å². The van der Waals surface area contributed by atoms with E-state index in [0.29, 0.717) is 29.0 Å². The molecule has 0 bridgehead atoms. The van der Waals surface area contributed by atoms with Crippen LogP contribution in [0.2, 0.25) is 5.02 Å². The Morgan fingerprint density at radius 1 is 1.19 bits per heavy atom. The third-order valence-electron chi connectivity index (χ3n) is 3.77. The fraction of sp³-hybridized carbons (Fsp3) is 0.263. The van der Waals surface area contributed by atoms with Crippen molar-refractivity contribution in [3.05, 3.63) is 59.2 Å². The van der Waals surface area contributed by atoms with E-state index in [1.54, 1.807) is 31.4 Å². The Hall–Kier alpha value is -2.64. The minimum Gasteiger partial charge on any atom is -0.488 e. The highest BCUT2D eigenvalue weighted by Crippen LogP contribution is 2.25. The van der Waals surface area contributed by atoms with E-state index >= 15 is 0 Å². The van der Waals surface area contributed by atoms with Gasteiger partial charge in [0.05, 0.1) is 6.61 Å². The number of benzene rings is 2. The number of rotatable bonds is 8. The van der Waals surface area contributed by atoms with E-state index in [1.807, 2.05) is 19.1 Å². The fourth-order valence-electron chi connectivity index (χ4n) is 2.38. The molecule has 0 aliphatic rings. The summed E-state index contributed by atoms with van der Waals surface area (Å²) in [5, 5.41) is 7.74. The predicted octanol–water partition coefficient (Wildman–Crippen LogP) is 4.73. The molecule has 1 heterocycles. The fourth-order valence-corrected chi connectivity index (χ4v) is 2.51. The lowest BCUT2D eigenvalue weighted by Crippen LogP contribution is -2.08. The Morgan fingerprint density at radius 3 is 2.67 bits per heavy atom. The number of halogens is 2. The number of ether oxygens (including phenoxy) is 2. The lowest BCUT2D eigenvalue weighted by Gasteiger charge is -2.13. The van der Waals surface area contributed by atoms with Gasteiger partial charge in [-0.15, -0.1) is 0 Å². The van der Waals surface area contributed by atoms with Gasteiger partial charge in [-0.25, -0.2) is 4.39 Å². The summed E-state index contributed by atoms with van der Waals surface area (Å²) >= 11 is 5.88. The summed E-state index contributed by atoms with van der Waals surface area (Å²) in [4.78, 5) is 4.38. The minimum absolute atomic E-state index is 0.174. The maximum Gasteiger partial charge on any atom is 0.249 e. The average molecular weight is 392 g/mol. The number of aromatic nitrogens is 2. The molecule has 6 nitrogen and oxygen atoms in total. The molecule has 0 aliphatic heterocycles. The molecule has 2 aromatic carbocycles. The van der Waals surface area contributed by atoms with Crippen LogP contribution in [0, 0.1) is 5.82 Å². The lowest BCUT2D eigenvalue weighted by molar-refractivity contribution is 0.144. The third-order valence-corrected chi connectivity index (χ3v) is 4.03. The van der Waals surface area contributed by atoms with Gasteiger partial charge in [0.1, 0.15) is 12.6 Å². The Morgan fingerprint density at radius 2 is 1.96 bits per heavy atom. The molecule has 1 unspecified atom stereocenters. The summed E-state index contributed by atoms with van der Waals surface area (Å²) in [6, 6.07) is 11.5. The van der Waals surface area contributed by atoms with E-state index in [-0.39, 0.29) is 18.4 Å². The minimum atomic E-state index is -0.462. The molecule has 1 N–H and O–H groups in total. The summed E-state index contributed by atoms with van der Waals surface area (Å²) in [6.07, 6.45) is 0. The van der Waals surface area contributed by atoms with Gasteiger partial charge in [-0.2, -0.15) is 4.98 Å². The first-order chi connectivity index (χ1) is 13.1. The molecule has 27 heavy (non-hydrogen) atoms. The Kier molecular flexibility index (Phi) is 6.26. The third kappa shape index (κ3) is 4.96. The SMILES string of the molecule is COCCOc1ccc(NC(C)c2nc(-c3ccc(Cl)cc3)no2)cc1F. The first-order valence-electron chi connectivity index (χ1n) is 8.34. The van der Waals surface area contributed by atoms with Crippen molar-refractivity contribution in [2.24, 2.45) is 0 Å². The molecule has 0 saturated heterocycles. The van der Waals surface area contributed by atoms with E-state index < -0.39 is 5.82 Å². The highest BCUT2D eigenvalue weighted by atomic mass is 35.5. The van der Waals surface area contributed by atoms with Gasteiger partial charge in [-0.05, 0) is 43.3 Å². The van der Waals surface area contributed by atoms with Crippen molar-refractivity contribution in [3.8, 4) is 17.1 Å². The monoisotopic (exact) mass is 391 g/mol. The molecule has 0 fully saturated rings. The number of nitrogens with zero attached hydrogens (tertiary/aromatic N) is 2. The predicted molar refractivity (Wildman–Crippen MR) is 101 cm³/mol. The van der Waals surface area contributed by atoms with Crippen molar-refractivity contribution in [1.82, 2.24) is 10.1 Å². The van der Waals surface area contributed by atoms with Crippen LogP contribution in [-0.4, -0.2) is 30.5 Å². The van der Waals surface area contributed by atoms with Crippen LogP contribution in [0.15, 0.2) is 47.0 Å². The summed E-state index contributed by atoms with van der Waals surface area (Å²) in [7, 11) is 1.56. The Balaban J connectivity index is 1.66. The van der Waals surface area contributed by atoms with Crippen molar-refractivity contribution in [2.75, 3.05) is 25.6 Å². The zero-order valence-electron chi connectivity index (χ0n) is 14.9. The molecular formula is C19H19ClFN3O3. The number of anilines is 1. The second kappa shape index (κ2) is 8.83. The van der Waals surface area contributed by atoms with Gasteiger partial charge in [-0.3, -0.25) is 0 Å². The smallest absolute Gasteiger partial charge is 0.249 e. The van der Waals surface area contributed by atoms with Crippen molar-refractivity contribution < 1.29 is 18.4 Å². The molecule has 142 valence electrons. The molecule has 1 atom stereocenters. The number of methoxy groups -OCH3 is 1. The summed E-state index contributed by atoms with van der Waals surface area (Å²) < 4.78 is 29.6.